The molecule has 8 nitrogen and oxygen atoms in total. The van der Waals surface area contributed by atoms with Crippen molar-refractivity contribution in [3.8, 4) is 0 Å². The molecule has 2 heterocycles. The predicted octanol–water partition coefficient (Wildman–Crippen LogP) is 2.32. The predicted molar refractivity (Wildman–Crippen MR) is 108 cm³/mol. The number of rotatable bonds is 7. The summed E-state index contributed by atoms with van der Waals surface area (Å²) < 4.78 is 33.1. The van der Waals surface area contributed by atoms with Crippen molar-refractivity contribution in [1.82, 2.24) is 19.4 Å². The number of carbonyl (C=O) groups excluding carboxylic acids is 1. The fourth-order valence-corrected chi connectivity index (χ4v) is 4.27. The van der Waals surface area contributed by atoms with E-state index in [1.165, 1.54) is 18.4 Å². The first kappa shape index (κ1) is 20.8. The molecular formula is C20H24N4O4S. The molecule has 0 spiro atoms. The third-order valence-electron chi connectivity index (χ3n) is 4.61. The molecule has 0 atom stereocenters. The summed E-state index contributed by atoms with van der Waals surface area (Å²) in [5, 5.41) is 7.19. The van der Waals surface area contributed by atoms with Crippen molar-refractivity contribution in [2.45, 2.75) is 31.8 Å². The van der Waals surface area contributed by atoms with Gasteiger partial charge in [-0.15, -0.1) is 0 Å². The fourth-order valence-electron chi connectivity index (χ4n) is 3.01. The summed E-state index contributed by atoms with van der Waals surface area (Å²) in [7, 11) is -0.561. The molecule has 0 aliphatic rings. The average Bonchev–Trinajstić information content (AvgIpc) is 3.28. The summed E-state index contributed by atoms with van der Waals surface area (Å²) in [6, 6.07) is 10.7. The Morgan fingerprint density at radius 3 is 2.45 bits per heavy atom. The molecule has 0 fully saturated rings. The quantitative estimate of drug-likeness (QED) is 0.637. The summed E-state index contributed by atoms with van der Waals surface area (Å²) in [5.74, 6) is 0.487. The van der Waals surface area contributed by atoms with Gasteiger partial charge in [0.1, 0.15) is 10.7 Å². The zero-order chi connectivity index (χ0) is 21.2. The lowest BCUT2D eigenvalue weighted by atomic mass is 10.1. The van der Waals surface area contributed by atoms with Crippen LogP contribution in [0.25, 0.3) is 0 Å². The number of benzene rings is 1. The summed E-state index contributed by atoms with van der Waals surface area (Å²) in [4.78, 5) is 12.5. The average molecular weight is 417 g/mol. The molecule has 1 amide bonds. The molecule has 0 bridgehead atoms. The van der Waals surface area contributed by atoms with Crippen LogP contribution in [0.4, 0.5) is 0 Å². The van der Waals surface area contributed by atoms with Crippen molar-refractivity contribution >= 4 is 15.9 Å². The number of amides is 1. The number of sulfonamides is 1. The number of carbonyl (C=O) groups is 1. The third-order valence-corrected chi connectivity index (χ3v) is 6.67. The van der Waals surface area contributed by atoms with Crippen LogP contribution in [0.1, 0.15) is 33.1 Å². The van der Waals surface area contributed by atoms with Crippen molar-refractivity contribution in [2.24, 2.45) is 0 Å². The lowest BCUT2D eigenvalue weighted by Gasteiger charge is -2.12. The molecule has 0 aliphatic carbocycles. The van der Waals surface area contributed by atoms with Crippen molar-refractivity contribution in [3.63, 3.8) is 0 Å². The fraction of sp³-hybridized carbons (Fsp3) is 0.300. The number of aryl methyl sites for hydroxylation is 1. The Kier molecular flexibility index (Phi) is 5.90. The highest BCUT2D eigenvalue weighted by molar-refractivity contribution is 7.89. The molecule has 0 saturated heterocycles. The number of furan rings is 1. The van der Waals surface area contributed by atoms with E-state index in [-0.39, 0.29) is 10.8 Å². The van der Waals surface area contributed by atoms with Gasteiger partial charge in [-0.3, -0.25) is 9.48 Å². The summed E-state index contributed by atoms with van der Waals surface area (Å²) in [6.45, 7) is 4.16. The van der Waals surface area contributed by atoms with Gasteiger partial charge in [-0.05, 0) is 43.7 Å². The molecule has 0 aliphatic heterocycles. The van der Waals surface area contributed by atoms with E-state index >= 15 is 0 Å². The Bertz CT molecular complexity index is 1100. The van der Waals surface area contributed by atoms with Gasteiger partial charge in [0, 0.05) is 19.7 Å². The number of nitrogens with one attached hydrogen (secondary N) is 1. The van der Waals surface area contributed by atoms with Crippen LogP contribution in [-0.4, -0.2) is 42.5 Å². The Morgan fingerprint density at radius 1 is 1.17 bits per heavy atom. The number of hydrogen-bond donors (Lipinski definition) is 1. The molecule has 3 aromatic rings. The first-order chi connectivity index (χ1) is 13.7. The molecule has 0 radical (unpaired) electrons. The first-order valence-electron chi connectivity index (χ1n) is 9.06. The zero-order valence-electron chi connectivity index (χ0n) is 16.8. The molecule has 0 saturated carbocycles. The van der Waals surface area contributed by atoms with Crippen molar-refractivity contribution in [1.29, 1.82) is 0 Å². The van der Waals surface area contributed by atoms with Crippen LogP contribution in [0.3, 0.4) is 0 Å². The second-order valence-electron chi connectivity index (χ2n) is 6.90. The Labute approximate surface area is 170 Å². The lowest BCUT2D eigenvalue weighted by Crippen LogP contribution is -2.23. The van der Waals surface area contributed by atoms with E-state index in [2.05, 4.69) is 10.4 Å². The van der Waals surface area contributed by atoms with E-state index in [0.29, 0.717) is 35.8 Å². The van der Waals surface area contributed by atoms with E-state index < -0.39 is 10.0 Å². The highest BCUT2D eigenvalue weighted by atomic mass is 32.2. The first-order valence-corrected chi connectivity index (χ1v) is 10.5. The monoisotopic (exact) mass is 416 g/mol. The van der Waals surface area contributed by atoms with Gasteiger partial charge in [-0.25, -0.2) is 12.7 Å². The summed E-state index contributed by atoms with van der Waals surface area (Å²) in [5.41, 5.74) is 2.48. The number of nitrogens with zero attached hydrogens (tertiary/aromatic N) is 3. The van der Waals surface area contributed by atoms with Crippen LogP contribution in [-0.2, 0) is 23.1 Å². The van der Waals surface area contributed by atoms with Gasteiger partial charge in [0.15, 0.2) is 0 Å². The maximum atomic E-state index is 12.5. The Morgan fingerprint density at radius 2 is 1.86 bits per heavy atom. The molecule has 29 heavy (non-hydrogen) atoms. The van der Waals surface area contributed by atoms with Gasteiger partial charge in [0.05, 0.1) is 30.7 Å². The lowest BCUT2D eigenvalue weighted by molar-refractivity contribution is 0.0948. The molecule has 154 valence electrons. The maximum Gasteiger partial charge on any atom is 0.251 e. The van der Waals surface area contributed by atoms with E-state index in [1.807, 2.05) is 12.1 Å². The molecule has 1 aromatic carbocycles. The molecular weight excluding hydrogens is 392 g/mol. The topological polar surface area (TPSA) is 97.4 Å². The van der Waals surface area contributed by atoms with Crippen molar-refractivity contribution < 1.29 is 17.6 Å². The van der Waals surface area contributed by atoms with Crippen molar-refractivity contribution in [2.75, 3.05) is 14.1 Å². The van der Waals surface area contributed by atoms with Crippen LogP contribution in [0, 0.1) is 13.8 Å². The van der Waals surface area contributed by atoms with Gasteiger partial charge < -0.3 is 9.73 Å². The summed E-state index contributed by atoms with van der Waals surface area (Å²) >= 11 is 0. The van der Waals surface area contributed by atoms with Crippen LogP contribution < -0.4 is 5.32 Å². The minimum absolute atomic E-state index is 0.196. The van der Waals surface area contributed by atoms with Gasteiger partial charge in [0.25, 0.3) is 5.91 Å². The second kappa shape index (κ2) is 8.22. The van der Waals surface area contributed by atoms with E-state index in [1.54, 1.807) is 49.1 Å². The Balaban J connectivity index is 1.72. The normalized spacial score (nSPS) is 11.8. The minimum Gasteiger partial charge on any atom is -0.467 e. The van der Waals surface area contributed by atoms with Crippen LogP contribution in [0.15, 0.2) is 52.0 Å². The third kappa shape index (κ3) is 4.41. The van der Waals surface area contributed by atoms with Gasteiger partial charge in [-0.1, -0.05) is 12.1 Å². The largest absolute Gasteiger partial charge is 0.467 e. The van der Waals surface area contributed by atoms with Crippen LogP contribution in [0.5, 0.6) is 0 Å². The van der Waals surface area contributed by atoms with Gasteiger partial charge in [0.2, 0.25) is 10.0 Å². The van der Waals surface area contributed by atoms with Crippen LogP contribution >= 0.6 is 0 Å². The zero-order valence-corrected chi connectivity index (χ0v) is 17.7. The highest BCUT2D eigenvalue weighted by Gasteiger charge is 2.26. The number of aromatic nitrogens is 2. The molecule has 2 aromatic heterocycles. The van der Waals surface area contributed by atoms with E-state index in [9.17, 15) is 13.2 Å². The van der Waals surface area contributed by atoms with E-state index in [0.717, 1.165) is 5.56 Å². The van der Waals surface area contributed by atoms with Crippen molar-refractivity contribution in [3.05, 3.63) is 70.9 Å². The van der Waals surface area contributed by atoms with Crippen LogP contribution in [0.2, 0.25) is 0 Å². The maximum absolute atomic E-state index is 12.5. The Hall–Kier alpha value is -2.91. The smallest absolute Gasteiger partial charge is 0.251 e. The van der Waals surface area contributed by atoms with E-state index in [4.69, 9.17) is 4.42 Å². The number of hydrogen-bond acceptors (Lipinski definition) is 5. The molecule has 1 N–H and O–H groups in total. The van der Waals surface area contributed by atoms with Gasteiger partial charge >= 0.3 is 0 Å². The van der Waals surface area contributed by atoms with Gasteiger partial charge in [-0.2, -0.15) is 5.10 Å². The standard InChI is InChI=1S/C20H24N4O4S/c1-14-19(29(26,27)23(3)4)15(2)24(22-14)13-16-7-9-17(10-8-16)20(25)21-12-18-6-5-11-28-18/h5-11H,12-13H2,1-4H3,(H,21,25). The molecule has 0 unspecified atom stereocenters. The summed E-state index contributed by atoms with van der Waals surface area (Å²) in [6.07, 6.45) is 1.56. The second-order valence-corrected chi connectivity index (χ2v) is 8.99. The SMILES string of the molecule is Cc1nn(Cc2ccc(C(=O)NCc3ccco3)cc2)c(C)c1S(=O)(=O)N(C)C. The molecule has 9 heteroatoms. The minimum atomic E-state index is -3.56. The molecule has 3 rings (SSSR count). The highest BCUT2D eigenvalue weighted by Crippen LogP contribution is 2.22.